The van der Waals surface area contributed by atoms with Crippen LogP contribution < -0.4 is 0 Å². The van der Waals surface area contributed by atoms with Gasteiger partial charge in [0, 0.05) is 19.5 Å². The summed E-state index contributed by atoms with van der Waals surface area (Å²) < 4.78 is 5.59. The molecule has 0 spiro atoms. The minimum Gasteiger partial charge on any atom is -0.465 e. The van der Waals surface area contributed by atoms with E-state index >= 15 is 0 Å². The van der Waals surface area contributed by atoms with E-state index in [1.165, 1.54) is 0 Å². The second-order valence-corrected chi connectivity index (χ2v) is 10.1. The Morgan fingerprint density at radius 2 is 1.21 bits per heavy atom. The number of Topliss-reactive ketones (excluding diaryl/α,β-unsaturated/α-hetero) is 1. The molecule has 0 aliphatic rings. The lowest BCUT2D eigenvalue weighted by Crippen LogP contribution is -2.43. The van der Waals surface area contributed by atoms with Gasteiger partial charge in [-0.2, -0.15) is 0 Å². The molecule has 0 radical (unpaired) electrons. The van der Waals surface area contributed by atoms with Crippen molar-refractivity contribution in [3.63, 3.8) is 0 Å². The zero-order valence-corrected chi connectivity index (χ0v) is 23.1. The molecule has 0 aliphatic carbocycles. The van der Waals surface area contributed by atoms with Gasteiger partial charge in [-0.05, 0) is 36.0 Å². The van der Waals surface area contributed by atoms with Crippen LogP contribution in [-0.2, 0) is 33.8 Å². The van der Waals surface area contributed by atoms with Gasteiger partial charge in [0.25, 0.3) is 0 Å². The molecule has 0 aromatic heterocycles. The van der Waals surface area contributed by atoms with Crippen molar-refractivity contribution in [1.82, 2.24) is 4.90 Å². The lowest BCUT2D eigenvalue weighted by atomic mass is 9.90. The minimum atomic E-state index is -0.395. The van der Waals surface area contributed by atoms with Gasteiger partial charge in [0.1, 0.15) is 0 Å². The highest BCUT2D eigenvalue weighted by molar-refractivity contribution is 5.88. The van der Waals surface area contributed by atoms with Crippen LogP contribution in [0.15, 0.2) is 91.0 Å². The van der Waals surface area contributed by atoms with Gasteiger partial charge >= 0.3 is 5.97 Å². The third kappa shape index (κ3) is 9.90. The highest BCUT2D eigenvalue weighted by Crippen LogP contribution is 2.23. The third-order valence-electron chi connectivity index (χ3n) is 6.97. The van der Waals surface area contributed by atoms with Crippen LogP contribution in [0.5, 0.6) is 0 Å². The molecule has 0 bridgehead atoms. The zero-order chi connectivity index (χ0) is 27.0. The normalized spacial score (nSPS) is 12.7. The molecule has 2 atom stereocenters. The quantitative estimate of drug-likeness (QED) is 0.139. The van der Waals surface area contributed by atoms with Gasteiger partial charge in [-0.15, -0.1) is 0 Å². The summed E-state index contributed by atoms with van der Waals surface area (Å²) in [7, 11) is 0. The Kier molecular flexibility index (Phi) is 12.8. The summed E-state index contributed by atoms with van der Waals surface area (Å²) in [5.74, 6) is -0.515. The smallest absolute Gasteiger partial charge is 0.309 e. The average molecular weight is 514 g/mol. The summed E-state index contributed by atoms with van der Waals surface area (Å²) in [5, 5.41) is 0. The lowest BCUT2D eigenvalue weighted by molar-refractivity contribution is -0.151. The van der Waals surface area contributed by atoms with E-state index in [-0.39, 0.29) is 24.2 Å². The van der Waals surface area contributed by atoms with Gasteiger partial charge in [0.15, 0.2) is 5.78 Å². The van der Waals surface area contributed by atoms with Crippen molar-refractivity contribution in [2.75, 3.05) is 6.61 Å². The molecule has 0 saturated carbocycles. The lowest BCUT2D eigenvalue weighted by Gasteiger charge is -2.32. The van der Waals surface area contributed by atoms with Crippen molar-refractivity contribution in [3.8, 4) is 0 Å². The molecule has 4 heteroatoms. The van der Waals surface area contributed by atoms with Crippen LogP contribution >= 0.6 is 0 Å². The predicted octanol–water partition coefficient (Wildman–Crippen LogP) is 7.41. The number of rotatable bonds is 17. The molecule has 3 aromatic rings. The summed E-state index contributed by atoms with van der Waals surface area (Å²) in [4.78, 5) is 29.4. The molecule has 0 fully saturated rings. The number of ketones is 1. The number of carbonyl (C=O) groups is 2. The van der Waals surface area contributed by atoms with Crippen molar-refractivity contribution >= 4 is 11.8 Å². The topological polar surface area (TPSA) is 46.6 Å². The molecule has 202 valence electrons. The average Bonchev–Trinajstić information content (AvgIpc) is 2.95. The number of hydrogen-bond acceptors (Lipinski definition) is 4. The SMILES string of the molecule is CCCCOC(=O)[C@@H](CCCC)CC(=O)[C@H](Cc1ccccc1)N(Cc1ccccc1)Cc1ccccc1. The number of benzene rings is 3. The largest absolute Gasteiger partial charge is 0.465 e. The van der Waals surface area contributed by atoms with Crippen molar-refractivity contribution in [2.24, 2.45) is 5.92 Å². The first-order valence-electron chi connectivity index (χ1n) is 14.2. The molecule has 0 amide bonds. The third-order valence-corrected chi connectivity index (χ3v) is 6.97. The van der Waals surface area contributed by atoms with Crippen molar-refractivity contribution in [3.05, 3.63) is 108 Å². The number of nitrogens with zero attached hydrogens (tertiary/aromatic N) is 1. The highest BCUT2D eigenvalue weighted by atomic mass is 16.5. The van der Waals surface area contributed by atoms with E-state index in [0.29, 0.717) is 32.5 Å². The molecule has 3 rings (SSSR count). The van der Waals surface area contributed by atoms with Crippen molar-refractivity contribution in [2.45, 2.75) is 77.9 Å². The maximum atomic E-state index is 14.1. The van der Waals surface area contributed by atoms with E-state index in [2.05, 4.69) is 55.1 Å². The predicted molar refractivity (Wildman–Crippen MR) is 155 cm³/mol. The van der Waals surface area contributed by atoms with Gasteiger partial charge < -0.3 is 4.74 Å². The van der Waals surface area contributed by atoms with E-state index in [1.54, 1.807) is 0 Å². The van der Waals surface area contributed by atoms with Crippen LogP contribution in [0.3, 0.4) is 0 Å². The second kappa shape index (κ2) is 16.6. The second-order valence-electron chi connectivity index (χ2n) is 10.1. The molecule has 0 N–H and O–H groups in total. The molecule has 38 heavy (non-hydrogen) atoms. The van der Waals surface area contributed by atoms with Gasteiger partial charge in [-0.1, -0.05) is 124 Å². The molecular formula is C34H43NO3. The Bertz CT molecular complexity index is 1030. The van der Waals surface area contributed by atoms with Crippen LogP contribution in [-0.4, -0.2) is 29.3 Å². The fourth-order valence-electron chi connectivity index (χ4n) is 4.76. The minimum absolute atomic E-state index is 0.106. The van der Waals surface area contributed by atoms with Crippen LogP contribution in [0.1, 0.15) is 69.1 Å². The first-order chi connectivity index (χ1) is 18.6. The molecule has 0 unspecified atom stereocenters. The molecule has 0 aliphatic heterocycles. The number of esters is 1. The van der Waals surface area contributed by atoms with Crippen molar-refractivity contribution in [1.29, 1.82) is 0 Å². The Hall–Kier alpha value is -3.24. The fourth-order valence-corrected chi connectivity index (χ4v) is 4.76. The number of unbranched alkanes of at least 4 members (excludes halogenated alkanes) is 2. The van der Waals surface area contributed by atoms with E-state index in [9.17, 15) is 9.59 Å². The van der Waals surface area contributed by atoms with Gasteiger partial charge in [-0.25, -0.2) is 0 Å². The first kappa shape index (κ1) is 29.3. The monoisotopic (exact) mass is 513 g/mol. The molecular weight excluding hydrogens is 470 g/mol. The Balaban J connectivity index is 1.90. The summed E-state index contributed by atoms with van der Waals surface area (Å²) in [6, 6.07) is 30.5. The van der Waals surface area contributed by atoms with Crippen LogP contribution in [0.4, 0.5) is 0 Å². The molecule has 4 nitrogen and oxygen atoms in total. The molecule has 0 saturated heterocycles. The van der Waals surface area contributed by atoms with Crippen LogP contribution in [0, 0.1) is 5.92 Å². The maximum Gasteiger partial charge on any atom is 0.309 e. The Morgan fingerprint density at radius 3 is 1.71 bits per heavy atom. The van der Waals surface area contributed by atoms with E-state index in [4.69, 9.17) is 4.74 Å². The van der Waals surface area contributed by atoms with Gasteiger partial charge in [0.2, 0.25) is 0 Å². The molecule has 0 heterocycles. The highest BCUT2D eigenvalue weighted by Gasteiger charge is 2.31. The van der Waals surface area contributed by atoms with Crippen molar-refractivity contribution < 1.29 is 14.3 Å². The molecule has 3 aromatic carbocycles. The summed E-state index contributed by atoms with van der Waals surface area (Å²) >= 11 is 0. The zero-order valence-electron chi connectivity index (χ0n) is 23.1. The van der Waals surface area contributed by atoms with E-state index < -0.39 is 5.92 Å². The number of ether oxygens (including phenoxy) is 1. The number of hydrogen-bond donors (Lipinski definition) is 0. The summed E-state index contributed by atoms with van der Waals surface area (Å²) in [5.41, 5.74) is 3.44. The Morgan fingerprint density at radius 1 is 0.711 bits per heavy atom. The standard InChI is InChI=1S/C34H43NO3/c1-3-5-22-31(34(37)38-23-6-4-2)25-33(36)32(24-28-16-10-7-11-17-28)35(26-29-18-12-8-13-19-29)27-30-20-14-9-15-21-30/h7-21,31-32H,3-6,22-27H2,1-2H3/t31-,32-/m0/s1. The van der Waals surface area contributed by atoms with Gasteiger partial charge in [0.05, 0.1) is 18.6 Å². The van der Waals surface area contributed by atoms with Crippen LogP contribution in [0.25, 0.3) is 0 Å². The van der Waals surface area contributed by atoms with Gasteiger partial charge in [-0.3, -0.25) is 14.5 Å². The van der Waals surface area contributed by atoms with Crippen LogP contribution in [0.2, 0.25) is 0 Å². The van der Waals surface area contributed by atoms with E-state index in [0.717, 1.165) is 42.4 Å². The Labute approximate surface area is 229 Å². The number of carbonyl (C=O) groups excluding carboxylic acids is 2. The van der Waals surface area contributed by atoms with E-state index in [1.807, 2.05) is 54.6 Å². The first-order valence-corrected chi connectivity index (χ1v) is 14.2. The fraction of sp³-hybridized carbons (Fsp3) is 0.412. The maximum absolute atomic E-state index is 14.1. The summed E-state index contributed by atoms with van der Waals surface area (Å²) in [6.07, 6.45) is 5.20. The summed E-state index contributed by atoms with van der Waals surface area (Å²) in [6.45, 7) is 5.92.